The van der Waals surface area contributed by atoms with Crippen molar-refractivity contribution in [3.63, 3.8) is 0 Å². The normalized spacial score (nSPS) is 18.6. The number of aromatic hydroxyl groups is 2. The van der Waals surface area contributed by atoms with E-state index in [2.05, 4.69) is 0 Å². The SMILES string of the molecule is O=C1OC2(c3ccc(O)cc3Oc3c2ccc(O)c3C(=O)O)c2ccccc21. The number of esters is 1. The van der Waals surface area contributed by atoms with Crippen molar-refractivity contribution in [2.75, 3.05) is 0 Å². The summed E-state index contributed by atoms with van der Waals surface area (Å²) in [7, 11) is 0. The molecule has 2 aliphatic heterocycles. The highest BCUT2D eigenvalue weighted by Gasteiger charge is 2.54. The molecule has 7 heteroatoms. The summed E-state index contributed by atoms with van der Waals surface area (Å²) < 4.78 is 11.6. The van der Waals surface area contributed by atoms with Crippen LogP contribution in [0.4, 0.5) is 0 Å². The van der Waals surface area contributed by atoms with Crippen LogP contribution in [0.1, 0.15) is 37.4 Å². The molecule has 138 valence electrons. The van der Waals surface area contributed by atoms with Crippen molar-refractivity contribution in [1.82, 2.24) is 0 Å². The molecule has 0 amide bonds. The number of phenolic OH excluding ortho intramolecular Hbond substituents is 1. The standard InChI is InChI=1S/C21H12O7/c22-10-5-6-13-16(9-10)27-18-14(7-8-15(23)17(18)19(24)25)21(13)12-4-2-1-3-11(12)20(26)28-21/h1-9,22-23H,(H,24,25). The number of phenols is 2. The number of aromatic carboxylic acids is 1. The molecule has 0 aliphatic carbocycles. The van der Waals surface area contributed by atoms with Gasteiger partial charge in [0.25, 0.3) is 0 Å². The van der Waals surface area contributed by atoms with E-state index in [9.17, 15) is 24.9 Å². The number of carboxylic acid groups (broad SMARTS) is 1. The molecule has 3 aromatic carbocycles. The lowest BCUT2D eigenvalue weighted by atomic mass is 9.77. The van der Waals surface area contributed by atoms with Crippen LogP contribution in [0, 0.1) is 0 Å². The van der Waals surface area contributed by atoms with Gasteiger partial charge >= 0.3 is 11.9 Å². The van der Waals surface area contributed by atoms with Crippen LogP contribution in [0.2, 0.25) is 0 Å². The van der Waals surface area contributed by atoms with Gasteiger partial charge in [-0.1, -0.05) is 18.2 Å². The molecule has 1 unspecified atom stereocenters. The molecule has 2 aliphatic rings. The van der Waals surface area contributed by atoms with Gasteiger partial charge in [-0.25, -0.2) is 9.59 Å². The Labute approximate surface area is 158 Å². The molecule has 3 N–H and O–H groups in total. The highest BCUT2D eigenvalue weighted by atomic mass is 16.6. The van der Waals surface area contributed by atoms with Gasteiger partial charge in [-0.3, -0.25) is 0 Å². The van der Waals surface area contributed by atoms with E-state index in [1.165, 1.54) is 24.3 Å². The van der Waals surface area contributed by atoms with Crippen molar-refractivity contribution < 1.29 is 34.4 Å². The summed E-state index contributed by atoms with van der Waals surface area (Å²) in [6, 6.07) is 13.8. The third-order valence-corrected chi connectivity index (χ3v) is 5.06. The second-order valence-electron chi connectivity index (χ2n) is 6.54. The first-order chi connectivity index (χ1) is 13.4. The zero-order chi connectivity index (χ0) is 19.6. The molecular weight excluding hydrogens is 364 g/mol. The van der Waals surface area contributed by atoms with Gasteiger partial charge in [0.15, 0.2) is 11.4 Å². The topological polar surface area (TPSA) is 113 Å². The lowest BCUT2D eigenvalue weighted by Gasteiger charge is -2.37. The predicted octanol–water partition coefficient (Wildman–Crippen LogP) is 3.36. The number of rotatable bonds is 1. The minimum Gasteiger partial charge on any atom is -0.508 e. The number of benzene rings is 3. The number of hydrogen-bond acceptors (Lipinski definition) is 6. The molecule has 1 spiro atoms. The first kappa shape index (κ1) is 16.2. The largest absolute Gasteiger partial charge is 0.508 e. The Hall–Kier alpha value is -4.00. The maximum Gasteiger partial charge on any atom is 0.343 e. The van der Waals surface area contributed by atoms with Crippen LogP contribution in [0.25, 0.3) is 0 Å². The van der Waals surface area contributed by atoms with Gasteiger partial charge in [0.2, 0.25) is 0 Å². The summed E-state index contributed by atoms with van der Waals surface area (Å²) in [5.41, 5.74) is -0.316. The molecule has 2 heterocycles. The minimum atomic E-state index is -1.46. The molecule has 0 radical (unpaired) electrons. The highest BCUT2D eigenvalue weighted by Crippen LogP contribution is 2.57. The van der Waals surface area contributed by atoms with Crippen LogP contribution in [0.5, 0.6) is 23.0 Å². The average molecular weight is 376 g/mol. The van der Waals surface area contributed by atoms with E-state index in [1.807, 2.05) is 0 Å². The quantitative estimate of drug-likeness (QED) is 0.558. The van der Waals surface area contributed by atoms with Crippen molar-refractivity contribution in [1.29, 1.82) is 0 Å². The van der Waals surface area contributed by atoms with Crippen LogP contribution >= 0.6 is 0 Å². The number of carbonyl (C=O) groups is 2. The number of carboxylic acids is 1. The van der Waals surface area contributed by atoms with Gasteiger partial charge in [0, 0.05) is 22.8 Å². The monoisotopic (exact) mass is 376 g/mol. The van der Waals surface area contributed by atoms with E-state index in [0.29, 0.717) is 16.7 Å². The molecule has 7 nitrogen and oxygen atoms in total. The summed E-state index contributed by atoms with van der Waals surface area (Å²) in [4.78, 5) is 24.4. The second kappa shape index (κ2) is 5.26. The van der Waals surface area contributed by atoms with E-state index >= 15 is 0 Å². The summed E-state index contributed by atoms with van der Waals surface area (Å²) in [5, 5.41) is 29.6. The fraction of sp³-hybridized carbons (Fsp3) is 0.0476. The zero-order valence-electron chi connectivity index (χ0n) is 14.2. The summed E-state index contributed by atoms with van der Waals surface area (Å²) in [6.45, 7) is 0. The molecule has 5 rings (SSSR count). The number of carbonyl (C=O) groups excluding carboxylic acids is 1. The van der Waals surface area contributed by atoms with E-state index in [1.54, 1.807) is 30.3 Å². The Morgan fingerprint density at radius 3 is 2.46 bits per heavy atom. The number of hydrogen-bond donors (Lipinski definition) is 3. The minimum absolute atomic E-state index is 0.105. The van der Waals surface area contributed by atoms with Gasteiger partial charge in [0.05, 0.1) is 5.56 Å². The van der Waals surface area contributed by atoms with E-state index < -0.39 is 28.9 Å². The van der Waals surface area contributed by atoms with Crippen LogP contribution in [0.15, 0.2) is 54.6 Å². The molecule has 0 saturated heterocycles. The molecule has 1 atom stereocenters. The Morgan fingerprint density at radius 2 is 1.68 bits per heavy atom. The lowest BCUT2D eigenvalue weighted by molar-refractivity contribution is 0.0223. The smallest absolute Gasteiger partial charge is 0.343 e. The molecule has 3 aromatic rings. The fourth-order valence-electron chi connectivity index (χ4n) is 3.92. The van der Waals surface area contributed by atoms with Gasteiger partial charge in [-0.2, -0.15) is 0 Å². The average Bonchev–Trinajstić information content (AvgIpc) is 2.95. The molecular formula is C21H12O7. The zero-order valence-corrected chi connectivity index (χ0v) is 14.2. The van der Waals surface area contributed by atoms with Crippen LogP contribution in [-0.2, 0) is 10.3 Å². The first-order valence-electron chi connectivity index (χ1n) is 8.37. The summed E-state index contributed by atoms with van der Waals surface area (Å²) in [6.07, 6.45) is 0. The van der Waals surface area contributed by atoms with Crippen molar-refractivity contribution in [3.8, 4) is 23.0 Å². The molecule has 0 bridgehead atoms. The Morgan fingerprint density at radius 1 is 0.929 bits per heavy atom. The maximum absolute atomic E-state index is 12.6. The first-order valence-corrected chi connectivity index (χ1v) is 8.37. The van der Waals surface area contributed by atoms with Gasteiger partial charge in [0.1, 0.15) is 22.8 Å². The maximum atomic E-state index is 12.6. The lowest BCUT2D eigenvalue weighted by Crippen LogP contribution is -2.33. The third kappa shape index (κ3) is 1.87. The van der Waals surface area contributed by atoms with Crippen molar-refractivity contribution >= 4 is 11.9 Å². The van der Waals surface area contributed by atoms with Crippen LogP contribution < -0.4 is 4.74 Å². The van der Waals surface area contributed by atoms with Crippen molar-refractivity contribution in [3.05, 3.63) is 82.4 Å². The highest BCUT2D eigenvalue weighted by molar-refractivity contribution is 5.99. The summed E-state index contributed by atoms with van der Waals surface area (Å²) >= 11 is 0. The van der Waals surface area contributed by atoms with Gasteiger partial charge in [-0.15, -0.1) is 0 Å². The Kier molecular flexibility index (Phi) is 3.04. The van der Waals surface area contributed by atoms with Crippen LogP contribution in [-0.4, -0.2) is 27.3 Å². The summed E-state index contributed by atoms with van der Waals surface area (Å²) in [5.74, 6) is -2.56. The molecule has 28 heavy (non-hydrogen) atoms. The Balaban J connectivity index is 1.94. The van der Waals surface area contributed by atoms with Gasteiger partial charge < -0.3 is 24.8 Å². The van der Waals surface area contributed by atoms with Crippen molar-refractivity contribution in [2.24, 2.45) is 0 Å². The van der Waals surface area contributed by atoms with E-state index in [0.717, 1.165) is 0 Å². The number of fused-ring (bicyclic) bond motifs is 6. The van der Waals surface area contributed by atoms with E-state index in [4.69, 9.17) is 9.47 Å². The van der Waals surface area contributed by atoms with Crippen molar-refractivity contribution in [2.45, 2.75) is 5.60 Å². The fourth-order valence-corrected chi connectivity index (χ4v) is 3.92. The predicted molar refractivity (Wildman–Crippen MR) is 95.0 cm³/mol. The molecule has 0 aromatic heterocycles. The van der Waals surface area contributed by atoms with E-state index in [-0.39, 0.29) is 22.8 Å². The molecule has 0 saturated carbocycles. The van der Waals surface area contributed by atoms with Crippen LogP contribution in [0.3, 0.4) is 0 Å². The molecule has 0 fully saturated rings. The number of ether oxygens (including phenoxy) is 2. The second-order valence-corrected chi connectivity index (χ2v) is 6.54. The van der Waals surface area contributed by atoms with Gasteiger partial charge in [-0.05, 0) is 30.3 Å². The third-order valence-electron chi connectivity index (χ3n) is 5.06. The Bertz CT molecular complexity index is 1200.